The van der Waals surface area contributed by atoms with Crippen LogP contribution in [0.3, 0.4) is 0 Å². The molecule has 2 rings (SSSR count). The standard InChI is InChI=1S/C15H20N2O4S/c1-2-20-12-3-5-13(6-4-12)21-9-7-16-14(18)11-17-8-10-22-15(17)19/h3-6H,2,7-11H2,1H3,(H,16,18). The van der Waals surface area contributed by atoms with E-state index in [1.165, 1.54) is 11.8 Å². The maximum absolute atomic E-state index is 11.7. The molecule has 0 aliphatic carbocycles. The van der Waals surface area contributed by atoms with E-state index in [1.807, 2.05) is 31.2 Å². The molecule has 1 fully saturated rings. The molecule has 120 valence electrons. The highest BCUT2D eigenvalue weighted by atomic mass is 32.2. The maximum atomic E-state index is 11.7. The molecule has 1 aromatic carbocycles. The molecule has 0 radical (unpaired) electrons. The Morgan fingerprint density at radius 2 is 1.95 bits per heavy atom. The Morgan fingerprint density at radius 1 is 1.27 bits per heavy atom. The van der Waals surface area contributed by atoms with Crippen LogP contribution < -0.4 is 14.8 Å². The Kier molecular flexibility index (Phi) is 6.39. The zero-order chi connectivity index (χ0) is 15.8. The number of benzene rings is 1. The molecule has 0 unspecified atom stereocenters. The third-order valence-corrected chi connectivity index (χ3v) is 3.90. The summed E-state index contributed by atoms with van der Waals surface area (Å²) < 4.78 is 10.9. The van der Waals surface area contributed by atoms with E-state index < -0.39 is 0 Å². The smallest absolute Gasteiger partial charge is 0.282 e. The Labute approximate surface area is 134 Å². The number of amides is 2. The number of thioether (sulfide) groups is 1. The van der Waals surface area contributed by atoms with E-state index in [0.717, 1.165) is 17.3 Å². The van der Waals surface area contributed by atoms with E-state index in [9.17, 15) is 9.59 Å². The minimum absolute atomic E-state index is 0.0270. The van der Waals surface area contributed by atoms with Crippen LogP contribution in [0.4, 0.5) is 4.79 Å². The number of hydrogen-bond donors (Lipinski definition) is 1. The SMILES string of the molecule is CCOc1ccc(OCCNC(=O)CN2CCSC2=O)cc1. The number of hydrogen-bond acceptors (Lipinski definition) is 5. The van der Waals surface area contributed by atoms with Crippen molar-refractivity contribution in [2.24, 2.45) is 0 Å². The lowest BCUT2D eigenvalue weighted by Gasteiger charge is -2.14. The number of carbonyl (C=O) groups excluding carboxylic acids is 2. The number of nitrogens with one attached hydrogen (secondary N) is 1. The maximum Gasteiger partial charge on any atom is 0.282 e. The fourth-order valence-corrected chi connectivity index (χ4v) is 2.78. The van der Waals surface area contributed by atoms with Crippen molar-refractivity contribution in [1.29, 1.82) is 0 Å². The average molecular weight is 324 g/mol. The summed E-state index contributed by atoms with van der Waals surface area (Å²) in [5.74, 6) is 2.12. The molecule has 2 amide bonds. The van der Waals surface area contributed by atoms with Gasteiger partial charge in [-0.05, 0) is 31.2 Å². The van der Waals surface area contributed by atoms with Crippen LogP contribution in [-0.4, -0.2) is 54.6 Å². The van der Waals surface area contributed by atoms with Gasteiger partial charge in [-0.15, -0.1) is 0 Å². The molecule has 1 N–H and O–H groups in total. The minimum Gasteiger partial charge on any atom is -0.494 e. The van der Waals surface area contributed by atoms with Crippen molar-refractivity contribution in [1.82, 2.24) is 10.2 Å². The molecular weight excluding hydrogens is 304 g/mol. The van der Waals surface area contributed by atoms with E-state index in [-0.39, 0.29) is 17.7 Å². The molecule has 0 bridgehead atoms. The molecule has 1 heterocycles. The highest BCUT2D eigenvalue weighted by Crippen LogP contribution is 2.17. The first-order valence-corrected chi connectivity index (χ1v) is 8.21. The summed E-state index contributed by atoms with van der Waals surface area (Å²) in [7, 11) is 0. The van der Waals surface area contributed by atoms with Crippen LogP contribution in [0.2, 0.25) is 0 Å². The van der Waals surface area contributed by atoms with Crippen molar-refractivity contribution in [2.45, 2.75) is 6.92 Å². The van der Waals surface area contributed by atoms with Gasteiger partial charge in [0, 0.05) is 12.3 Å². The molecule has 1 aliphatic heterocycles. The van der Waals surface area contributed by atoms with Gasteiger partial charge in [0.15, 0.2) is 0 Å². The van der Waals surface area contributed by atoms with Crippen LogP contribution in [0.15, 0.2) is 24.3 Å². The third kappa shape index (κ3) is 5.14. The van der Waals surface area contributed by atoms with E-state index in [1.54, 1.807) is 4.90 Å². The normalized spacial score (nSPS) is 14.0. The van der Waals surface area contributed by atoms with Gasteiger partial charge in [-0.25, -0.2) is 0 Å². The second kappa shape index (κ2) is 8.53. The van der Waals surface area contributed by atoms with Gasteiger partial charge in [0.25, 0.3) is 5.24 Å². The number of rotatable bonds is 8. The molecule has 7 heteroatoms. The van der Waals surface area contributed by atoms with E-state index in [0.29, 0.717) is 26.3 Å². The van der Waals surface area contributed by atoms with E-state index >= 15 is 0 Å². The van der Waals surface area contributed by atoms with Crippen LogP contribution in [0.5, 0.6) is 11.5 Å². The van der Waals surface area contributed by atoms with Gasteiger partial charge < -0.3 is 19.7 Å². The zero-order valence-corrected chi connectivity index (χ0v) is 13.4. The van der Waals surface area contributed by atoms with Crippen molar-refractivity contribution in [3.05, 3.63) is 24.3 Å². The molecule has 1 aliphatic rings. The molecule has 1 aromatic rings. The van der Waals surface area contributed by atoms with Gasteiger partial charge in [-0.1, -0.05) is 11.8 Å². The van der Waals surface area contributed by atoms with Gasteiger partial charge in [0.05, 0.1) is 13.2 Å². The summed E-state index contributed by atoms with van der Waals surface area (Å²) in [5, 5.41) is 2.71. The van der Waals surface area contributed by atoms with Gasteiger partial charge in [-0.3, -0.25) is 9.59 Å². The van der Waals surface area contributed by atoms with Gasteiger partial charge >= 0.3 is 0 Å². The number of ether oxygens (including phenoxy) is 2. The van der Waals surface area contributed by atoms with Crippen LogP contribution in [0, 0.1) is 0 Å². The average Bonchev–Trinajstić information content (AvgIpc) is 2.91. The first kappa shape index (κ1) is 16.5. The van der Waals surface area contributed by atoms with E-state index in [2.05, 4.69) is 5.32 Å². The molecule has 0 atom stereocenters. The Morgan fingerprint density at radius 3 is 2.55 bits per heavy atom. The first-order valence-electron chi connectivity index (χ1n) is 7.23. The highest BCUT2D eigenvalue weighted by Gasteiger charge is 2.22. The topological polar surface area (TPSA) is 67.9 Å². The molecule has 0 aromatic heterocycles. The van der Waals surface area contributed by atoms with Crippen LogP contribution in [-0.2, 0) is 4.79 Å². The Bertz CT molecular complexity index is 507. The summed E-state index contributed by atoms with van der Waals surface area (Å²) >= 11 is 1.25. The molecule has 0 saturated carbocycles. The molecule has 22 heavy (non-hydrogen) atoms. The lowest BCUT2D eigenvalue weighted by atomic mass is 10.3. The Balaban J connectivity index is 1.62. The van der Waals surface area contributed by atoms with Crippen molar-refractivity contribution < 1.29 is 19.1 Å². The second-order valence-corrected chi connectivity index (χ2v) is 5.68. The van der Waals surface area contributed by atoms with Gasteiger partial charge in [0.1, 0.15) is 24.7 Å². The van der Waals surface area contributed by atoms with Crippen molar-refractivity contribution in [3.63, 3.8) is 0 Å². The monoisotopic (exact) mass is 324 g/mol. The van der Waals surface area contributed by atoms with Crippen molar-refractivity contribution >= 4 is 22.9 Å². The van der Waals surface area contributed by atoms with Gasteiger partial charge in [-0.2, -0.15) is 0 Å². The number of carbonyl (C=O) groups is 2. The third-order valence-electron chi connectivity index (χ3n) is 3.01. The van der Waals surface area contributed by atoms with Gasteiger partial charge in [0.2, 0.25) is 5.91 Å². The predicted octanol–water partition coefficient (Wildman–Crippen LogP) is 1.75. The van der Waals surface area contributed by atoms with Crippen molar-refractivity contribution in [3.8, 4) is 11.5 Å². The Hall–Kier alpha value is -1.89. The highest BCUT2D eigenvalue weighted by molar-refractivity contribution is 8.13. The lowest BCUT2D eigenvalue weighted by molar-refractivity contribution is -0.121. The van der Waals surface area contributed by atoms with Crippen molar-refractivity contribution in [2.75, 3.05) is 38.6 Å². The summed E-state index contributed by atoms with van der Waals surface area (Å²) in [4.78, 5) is 24.6. The minimum atomic E-state index is -0.161. The van der Waals surface area contributed by atoms with Crippen LogP contribution >= 0.6 is 11.8 Å². The summed E-state index contributed by atoms with van der Waals surface area (Å²) in [6.45, 7) is 4.10. The lowest BCUT2D eigenvalue weighted by Crippen LogP contribution is -2.38. The van der Waals surface area contributed by atoms with Crippen LogP contribution in [0.1, 0.15) is 6.92 Å². The molecule has 1 saturated heterocycles. The second-order valence-electron chi connectivity index (χ2n) is 4.64. The summed E-state index contributed by atoms with van der Waals surface area (Å²) in [5.41, 5.74) is 0. The first-order chi connectivity index (χ1) is 10.7. The fraction of sp³-hybridized carbons (Fsp3) is 0.467. The summed E-state index contributed by atoms with van der Waals surface area (Å²) in [6, 6.07) is 7.34. The largest absolute Gasteiger partial charge is 0.494 e. The fourth-order valence-electron chi connectivity index (χ4n) is 1.96. The predicted molar refractivity (Wildman–Crippen MR) is 85.5 cm³/mol. The number of nitrogens with zero attached hydrogens (tertiary/aromatic N) is 1. The molecule has 6 nitrogen and oxygen atoms in total. The molecule has 0 spiro atoms. The van der Waals surface area contributed by atoms with Crippen LogP contribution in [0.25, 0.3) is 0 Å². The quantitative estimate of drug-likeness (QED) is 0.738. The zero-order valence-electron chi connectivity index (χ0n) is 12.5. The molecular formula is C15H20N2O4S. The summed E-state index contributed by atoms with van der Waals surface area (Å²) in [6.07, 6.45) is 0. The van der Waals surface area contributed by atoms with E-state index in [4.69, 9.17) is 9.47 Å².